The molecule has 168 valence electrons. The van der Waals surface area contributed by atoms with E-state index in [1.807, 2.05) is 73.7 Å². The molecule has 0 aliphatic rings. The van der Waals surface area contributed by atoms with Gasteiger partial charge in [0.1, 0.15) is 16.6 Å². The number of ether oxygens (including phenoxy) is 1. The van der Waals surface area contributed by atoms with E-state index in [0.29, 0.717) is 5.56 Å². The van der Waals surface area contributed by atoms with Crippen molar-refractivity contribution in [2.45, 2.75) is 26.8 Å². The molecule has 2 aromatic carbocycles. The molecule has 0 radical (unpaired) electrons. The molecule has 33 heavy (non-hydrogen) atoms. The molecule has 0 aliphatic heterocycles. The second-order valence-electron chi connectivity index (χ2n) is 7.86. The van der Waals surface area contributed by atoms with Gasteiger partial charge in [-0.05, 0) is 68.3 Å². The third-order valence-corrected chi connectivity index (χ3v) is 6.73. The van der Waals surface area contributed by atoms with E-state index in [1.54, 1.807) is 18.4 Å². The third kappa shape index (κ3) is 5.07. The molecular weight excluding hydrogens is 430 g/mol. The van der Waals surface area contributed by atoms with Crippen molar-refractivity contribution in [3.05, 3.63) is 106 Å². The Morgan fingerprint density at radius 1 is 0.970 bits per heavy atom. The van der Waals surface area contributed by atoms with E-state index in [9.17, 15) is 4.79 Å². The summed E-state index contributed by atoms with van der Waals surface area (Å²) in [6.07, 6.45) is 0. The van der Waals surface area contributed by atoms with Crippen LogP contribution in [0.4, 0.5) is 10.8 Å². The zero-order valence-corrected chi connectivity index (χ0v) is 20.0. The number of nitrogens with zero attached hydrogens (tertiary/aromatic N) is 1. The van der Waals surface area contributed by atoms with Crippen LogP contribution in [-0.4, -0.2) is 18.0 Å². The van der Waals surface area contributed by atoms with Crippen molar-refractivity contribution < 1.29 is 9.53 Å². The Bertz CT molecular complexity index is 1270. The van der Waals surface area contributed by atoms with Crippen LogP contribution in [-0.2, 0) is 0 Å². The quantitative estimate of drug-likeness (QED) is 0.331. The largest absolute Gasteiger partial charge is 0.497 e. The summed E-state index contributed by atoms with van der Waals surface area (Å²) in [4.78, 5) is 18.8. The second kappa shape index (κ2) is 9.88. The Hall–Kier alpha value is -3.64. The number of rotatable bonds is 7. The Kier molecular flexibility index (Phi) is 6.75. The molecule has 0 spiro atoms. The molecular formula is C27H27N3O2S. The first-order chi connectivity index (χ1) is 16.0. The summed E-state index contributed by atoms with van der Waals surface area (Å²) in [5.41, 5.74) is 4.74. The van der Waals surface area contributed by atoms with E-state index >= 15 is 0 Å². The summed E-state index contributed by atoms with van der Waals surface area (Å²) < 4.78 is 5.49. The molecule has 4 rings (SSSR count). The van der Waals surface area contributed by atoms with Gasteiger partial charge in [0.05, 0.1) is 13.2 Å². The molecule has 0 saturated carbocycles. The summed E-state index contributed by atoms with van der Waals surface area (Å²) in [5.74, 6) is 1.42. The molecule has 0 aliphatic carbocycles. The van der Waals surface area contributed by atoms with Gasteiger partial charge in [-0.25, -0.2) is 4.98 Å². The van der Waals surface area contributed by atoms with Crippen molar-refractivity contribution >= 4 is 28.1 Å². The van der Waals surface area contributed by atoms with Crippen molar-refractivity contribution in [3.8, 4) is 5.75 Å². The smallest absolute Gasteiger partial charge is 0.256 e. The number of aromatic nitrogens is 1. The number of aryl methyl sites for hydroxylation is 2. The topological polar surface area (TPSA) is 63.2 Å². The van der Waals surface area contributed by atoms with Gasteiger partial charge < -0.3 is 15.4 Å². The lowest BCUT2D eigenvalue weighted by molar-refractivity contribution is 0.102. The van der Waals surface area contributed by atoms with E-state index in [-0.39, 0.29) is 11.9 Å². The number of amides is 1. The van der Waals surface area contributed by atoms with E-state index in [2.05, 4.69) is 35.5 Å². The maximum absolute atomic E-state index is 13.0. The zero-order chi connectivity index (χ0) is 23.4. The first kappa shape index (κ1) is 22.6. The fourth-order valence-electron chi connectivity index (χ4n) is 3.76. The van der Waals surface area contributed by atoms with Crippen LogP contribution >= 0.6 is 11.3 Å². The monoisotopic (exact) mass is 457 g/mol. The van der Waals surface area contributed by atoms with Crippen LogP contribution in [0.3, 0.4) is 0 Å². The highest BCUT2D eigenvalue weighted by atomic mass is 32.1. The normalized spacial score (nSPS) is 11.6. The molecule has 0 fully saturated rings. The van der Waals surface area contributed by atoms with Crippen LogP contribution < -0.4 is 15.4 Å². The third-order valence-electron chi connectivity index (χ3n) is 5.59. The second-order valence-corrected chi connectivity index (χ2v) is 9.09. The maximum atomic E-state index is 13.0. The number of hydrogen-bond acceptors (Lipinski definition) is 5. The highest BCUT2D eigenvalue weighted by Crippen LogP contribution is 2.41. The van der Waals surface area contributed by atoms with E-state index in [0.717, 1.165) is 43.8 Å². The van der Waals surface area contributed by atoms with E-state index < -0.39 is 0 Å². The van der Waals surface area contributed by atoms with Gasteiger partial charge in [-0.1, -0.05) is 36.4 Å². The lowest BCUT2D eigenvalue weighted by atomic mass is 9.96. The number of benzene rings is 2. The summed E-state index contributed by atoms with van der Waals surface area (Å²) in [6.45, 7) is 6.14. The molecule has 2 N–H and O–H groups in total. The Morgan fingerprint density at radius 3 is 2.45 bits per heavy atom. The molecule has 2 aromatic heterocycles. The maximum Gasteiger partial charge on any atom is 0.256 e. The summed E-state index contributed by atoms with van der Waals surface area (Å²) in [6, 6.07) is 22.9. The number of hydrogen-bond donors (Lipinski definition) is 2. The van der Waals surface area contributed by atoms with Gasteiger partial charge in [0.15, 0.2) is 0 Å². The molecule has 2 heterocycles. The van der Waals surface area contributed by atoms with E-state index in [4.69, 9.17) is 4.74 Å². The van der Waals surface area contributed by atoms with Gasteiger partial charge in [0.2, 0.25) is 0 Å². The molecule has 0 saturated heterocycles. The van der Waals surface area contributed by atoms with Crippen LogP contribution in [0.1, 0.15) is 43.7 Å². The Labute approximate surface area is 198 Å². The summed E-state index contributed by atoms with van der Waals surface area (Å²) >= 11 is 1.59. The van der Waals surface area contributed by atoms with Crippen molar-refractivity contribution in [2.75, 3.05) is 17.7 Å². The van der Waals surface area contributed by atoms with Gasteiger partial charge in [0.25, 0.3) is 5.91 Å². The van der Waals surface area contributed by atoms with Gasteiger partial charge in [-0.15, -0.1) is 11.3 Å². The standard InChI is InChI=1S/C27H27N3O2S/c1-17-10-8-15-23(28-17)29-25(21-13-9-14-22(16-21)32-4)24-18(2)19(3)33-27(24)30-26(31)20-11-6-5-7-12-20/h5-16,25H,1-4H3,(H,28,29)(H,30,31). The minimum Gasteiger partial charge on any atom is -0.497 e. The average molecular weight is 458 g/mol. The van der Waals surface area contributed by atoms with Crippen LogP contribution in [0.2, 0.25) is 0 Å². The molecule has 1 unspecified atom stereocenters. The van der Waals surface area contributed by atoms with Crippen LogP contribution in [0.15, 0.2) is 72.8 Å². The molecule has 6 heteroatoms. The van der Waals surface area contributed by atoms with Crippen molar-refractivity contribution in [1.82, 2.24) is 4.98 Å². The lowest BCUT2D eigenvalue weighted by Gasteiger charge is -2.23. The van der Waals surface area contributed by atoms with E-state index in [1.165, 1.54) is 0 Å². The fraction of sp³-hybridized carbons (Fsp3) is 0.185. The minimum absolute atomic E-state index is 0.129. The number of anilines is 2. The first-order valence-corrected chi connectivity index (χ1v) is 11.6. The van der Waals surface area contributed by atoms with Gasteiger partial charge in [-0.3, -0.25) is 4.79 Å². The highest BCUT2D eigenvalue weighted by molar-refractivity contribution is 7.16. The summed E-state index contributed by atoms with van der Waals surface area (Å²) in [5, 5.41) is 7.58. The predicted octanol–water partition coefficient (Wildman–Crippen LogP) is 6.53. The van der Waals surface area contributed by atoms with Crippen LogP contribution in [0.5, 0.6) is 5.75 Å². The molecule has 0 bridgehead atoms. The average Bonchev–Trinajstić information content (AvgIpc) is 3.10. The van der Waals surface area contributed by atoms with Crippen molar-refractivity contribution in [2.24, 2.45) is 0 Å². The summed E-state index contributed by atoms with van der Waals surface area (Å²) in [7, 11) is 1.66. The van der Waals surface area contributed by atoms with Crippen molar-refractivity contribution in [1.29, 1.82) is 0 Å². The SMILES string of the molecule is COc1cccc(C(Nc2cccc(C)n2)c2c(NC(=O)c3ccccc3)sc(C)c2C)c1. The molecule has 1 amide bonds. The van der Waals surface area contributed by atoms with Crippen molar-refractivity contribution in [3.63, 3.8) is 0 Å². The zero-order valence-electron chi connectivity index (χ0n) is 19.2. The number of thiophene rings is 1. The predicted molar refractivity (Wildman–Crippen MR) is 136 cm³/mol. The lowest BCUT2D eigenvalue weighted by Crippen LogP contribution is -2.18. The number of pyridine rings is 1. The number of methoxy groups -OCH3 is 1. The molecule has 5 nitrogen and oxygen atoms in total. The van der Waals surface area contributed by atoms with Gasteiger partial charge >= 0.3 is 0 Å². The Balaban J connectivity index is 1.80. The number of nitrogens with one attached hydrogen (secondary N) is 2. The molecule has 1 atom stereocenters. The first-order valence-electron chi connectivity index (χ1n) is 10.8. The Morgan fingerprint density at radius 2 is 1.73 bits per heavy atom. The highest BCUT2D eigenvalue weighted by Gasteiger charge is 2.25. The van der Waals surface area contributed by atoms with Crippen LogP contribution in [0.25, 0.3) is 0 Å². The van der Waals surface area contributed by atoms with Crippen LogP contribution in [0, 0.1) is 20.8 Å². The molecule has 4 aromatic rings. The minimum atomic E-state index is -0.231. The number of carbonyl (C=O) groups is 1. The van der Waals surface area contributed by atoms with Gasteiger partial charge in [-0.2, -0.15) is 0 Å². The fourth-order valence-corrected chi connectivity index (χ4v) is 4.86. The number of carbonyl (C=O) groups excluding carboxylic acids is 1. The van der Waals surface area contributed by atoms with Gasteiger partial charge in [0, 0.05) is 21.7 Å².